The van der Waals surface area contributed by atoms with Gasteiger partial charge in [0.25, 0.3) is 0 Å². The molecule has 104 valence electrons. The number of epoxide rings is 1. The molecule has 2 aliphatic rings. The van der Waals surface area contributed by atoms with E-state index in [0.29, 0.717) is 12.2 Å². The van der Waals surface area contributed by atoms with Crippen molar-refractivity contribution in [2.75, 3.05) is 0 Å². The molecule has 0 radical (unpaired) electrons. The van der Waals surface area contributed by atoms with E-state index in [4.69, 9.17) is 4.74 Å². The molecule has 0 N–H and O–H groups in total. The average Bonchev–Trinajstić information content (AvgIpc) is 3.24. The summed E-state index contributed by atoms with van der Waals surface area (Å²) in [5.74, 6) is 0.936. The Hall–Kier alpha value is -0.603. The van der Waals surface area contributed by atoms with Crippen molar-refractivity contribution in [3.05, 3.63) is 30.3 Å². The average molecular weight is 274 g/mol. The summed E-state index contributed by atoms with van der Waals surface area (Å²) in [6.07, 6.45) is 6.80. The van der Waals surface area contributed by atoms with Crippen LogP contribution in [0.25, 0.3) is 0 Å². The van der Waals surface area contributed by atoms with E-state index in [1.54, 1.807) is 5.19 Å². The van der Waals surface area contributed by atoms with E-state index < -0.39 is 8.07 Å². The van der Waals surface area contributed by atoms with Crippen LogP contribution < -0.4 is 5.19 Å². The third kappa shape index (κ3) is 2.95. The predicted molar refractivity (Wildman–Crippen MR) is 83.6 cm³/mol. The van der Waals surface area contributed by atoms with Gasteiger partial charge in [-0.05, 0) is 25.2 Å². The topological polar surface area (TPSA) is 12.5 Å². The van der Waals surface area contributed by atoms with Gasteiger partial charge in [-0.1, -0.05) is 67.5 Å². The van der Waals surface area contributed by atoms with Crippen molar-refractivity contribution in [1.82, 2.24) is 0 Å². The molecule has 1 heterocycles. The minimum Gasteiger partial charge on any atom is -0.370 e. The summed E-state index contributed by atoms with van der Waals surface area (Å²) < 4.78 is 5.66. The van der Waals surface area contributed by atoms with Crippen LogP contribution in [0.3, 0.4) is 0 Å². The highest BCUT2D eigenvalue weighted by Gasteiger charge is 2.44. The molecule has 19 heavy (non-hydrogen) atoms. The lowest BCUT2D eigenvalue weighted by atomic mass is 9.87. The molecule has 2 fully saturated rings. The van der Waals surface area contributed by atoms with Gasteiger partial charge in [0.15, 0.2) is 0 Å². The quantitative estimate of drug-likeness (QED) is 0.585. The Morgan fingerprint density at radius 3 is 2.63 bits per heavy atom. The molecular formula is C17H26OSi. The third-order valence-corrected chi connectivity index (χ3v) is 10.1. The normalized spacial score (nSPS) is 32.4. The van der Waals surface area contributed by atoms with Gasteiger partial charge in [-0.3, -0.25) is 0 Å². The monoisotopic (exact) mass is 274 g/mol. The molecular weight excluding hydrogens is 248 g/mol. The molecule has 1 nitrogen and oxygen atoms in total. The van der Waals surface area contributed by atoms with E-state index in [1.807, 2.05) is 0 Å². The van der Waals surface area contributed by atoms with Gasteiger partial charge >= 0.3 is 0 Å². The number of ether oxygens (including phenoxy) is 1. The Bertz CT molecular complexity index is 419. The van der Waals surface area contributed by atoms with Gasteiger partial charge in [-0.25, -0.2) is 0 Å². The van der Waals surface area contributed by atoms with E-state index in [-0.39, 0.29) is 0 Å². The SMILES string of the molecule is CC[Si](C)(CCC1CCC2OC2C1)c1ccccc1. The van der Waals surface area contributed by atoms with Crippen molar-refractivity contribution in [3.8, 4) is 0 Å². The number of benzene rings is 1. The summed E-state index contributed by atoms with van der Waals surface area (Å²) in [6.45, 7) is 4.96. The lowest BCUT2D eigenvalue weighted by Crippen LogP contribution is -2.44. The highest BCUT2D eigenvalue weighted by Crippen LogP contribution is 2.41. The van der Waals surface area contributed by atoms with Crippen LogP contribution in [0.1, 0.15) is 32.6 Å². The number of rotatable bonds is 5. The van der Waals surface area contributed by atoms with E-state index in [1.165, 1.54) is 37.8 Å². The van der Waals surface area contributed by atoms with Gasteiger partial charge in [0.2, 0.25) is 0 Å². The summed E-state index contributed by atoms with van der Waals surface area (Å²) in [7, 11) is -1.23. The first-order valence-corrected chi connectivity index (χ1v) is 10.8. The first-order chi connectivity index (χ1) is 9.21. The molecule has 1 saturated heterocycles. The molecule has 2 heteroatoms. The van der Waals surface area contributed by atoms with Crippen molar-refractivity contribution in [3.63, 3.8) is 0 Å². The molecule has 3 rings (SSSR count). The second-order valence-electron chi connectivity index (χ2n) is 6.71. The molecule has 0 amide bonds. The summed E-state index contributed by atoms with van der Waals surface area (Å²) in [5.41, 5.74) is 0. The Morgan fingerprint density at radius 2 is 1.95 bits per heavy atom. The maximum atomic E-state index is 5.66. The Labute approximate surface area is 118 Å². The second kappa shape index (κ2) is 5.41. The van der Waals surface area contributed by atoms with Gasteiger partial charge in [0.1, 0.15) is 0 Å². The van der Waals surface area contributed by atoms with Crippen LogP contribution in [-0.2, 0) is 4.74 Å². The molecule has 0 bridgehead atoms. The fraction of sp³-hybridized carbons (Fsp3) is 0.647. The van der Waals surface area contributed by atoms with E-state index in [9.17, 15) is 0 Å². The van der Waals surface area contributed by atoms with Crippen LogP contribution in [0.4, 0.5) is 0 Å². The molecule has 1 aromatic carbocycles. The number of hydrogen-bond acceptors (Lipinski definition) is 1. The predicted octanol–water partition coefficient (Wildman–Crippen LogP) is 3.95. The lowest BCUT2D eigenvalue weighted by molar-refractivity contribution is 0.357. The minimum atomic E-state index is -1.23. The zero-order valence-corrected chi connectivity index (χ0v) is 13.3. The standard InChI is InChI=1S/C17H26OSi/c1-3-19(2,15-7-5-4-6-8-15)12-11-14-9-10-16-17(13-14)18-16/h4-8,14,16-17H,3,9-13H2,1-2H3. The van der Waals surface area contributed by atoms with Crippen molar-refractivity contribution < 1.29 is 4.74 Å². The van der Waals surface area contributed by atoms with Crippen molar-refractivity contribution >= 4 is 13.3 Å². The van der Waals surface area contributed by atoms with Crippen LogP contribution in [0.2, 0.25) is 18.6 Å². The summed E-state index contributed by atoms with van der Waals surface area (Å²) >= 11 is 0. The molecule has 1 aliphatic carbocycles. The Morgan fingerprint density at radius 1 is 1.16 bits per heavy atom. The molecule has 1 aromatic rings. The lowest BCUT2D eigenvalue weighted by Gasteiger charge is -2.29. The van der Waals surface area contributed by atoms with Crippen LogP contribution >= 0.6 is 0 Å². The van der Waals surface area contributed by atoms with Crippen LogP contribution in [-0.4, -0.2) is 20.3 Å². The zero-order valence-electron chi connectivity index (χ0n) is 12.3. The first kappa shape index (κ1) is 13.4. The van der Waals surface area contributed by atoms with Crippen LogP contribution in [0, 0.1) is 5.92 Å². The largest absolute Gasteiger partial charge is 0.370 e. The third-order valence-electron chi connectivity index (χ3n) is 5.47. The molecule has 4 unspecified atom stereocenters. The highest BCUT2D eigenvalue weighted by molar-refractivity contribution is 6.90. The second-order valence-corrected chi connectivity index (χ2v) is 11.6. The summed E-state index contributed by atoms with van der Waals surface area (Å²) in [6, 6.07) is 14.1. The zero-order chi connectivity index (χ0) is 13.3. The van der Waals surface area contributed by atoms with Gasteiger partial charge in [-0.15, -0.1) is 0 Å². The maximum Gasteiger partial charge on any atom is 0.0844 e. The van der Waals surface area contributed by atoms with Crippen molar-refractivity contribution in [2.24, 2.45) is 5.92 Å². The molecule has 0 spiro atoms. The maximum absolute atomic E-state index is 5.66. The molecule has 0 aromatic heterocycles. The van der Waals surface area contributed by atoms with Crippen LogP contribution in [0.5, 0.6) is 0 Å². The van der Waals surface area contributed by atoms with E-state index in [0.717, 1.165) is 5.92 Å². The Balaban J connectivity index is 1.59. The fourth-order valence-electron chi connectivity index (χ4n) is 3.64. The van der Waals surface area contributed by atoms with Crippen molar-refractivity contribution in [2.45, 2.75) is 63.5 Å². The van der Waals surface area contributed by atoms with Crippen molar-refractivity contribution in [1.29, 1.82) is 0 Å². The molecule has 1 saturated carbocycles. The van der Waals surface area contributed by atoms with Gasteiger partial charge in [-0.2, -0.15) is 0 Å². The van der Waals surface area contributed by atoms with E-state index in [2.05, 4.69) is 43.8 Å². The smallest absolute Gasteiger partial charge is 0.0844 e. The number of hydrogen-bond donors (Lipinski definition) is 0. The molecule has 4 atom stereocenters. The van der Waals surface area contributed by atoms with Gasteiger partial charge < -0.3 is 4.74 Å². The first-order valence-electron chi connectivity index (χ1n) is 7.92. The van der Waals surface area contributed by atoms with Gasteiger partial charge in [0.05, 0.1) is 20.3 Å². The summed E-state index contributed by atoms with van der Waals surface area (Å²) in [5, 5.41) is 1.65. The Kier molecular flexibility index (Phi) is 3.81. The summed E-state index contributed by atoms with van der Waals surface area (Å²) in [4.78, 5) is 0. The highest BCUT2D eigenvalue weighted by atomic mass is 28.3. The minimum absolute atomic E-state index is 0.644. The number of fused-ring (bicyclic) bond motifs is 1. The molecule has 1 aliphatic heterocycles. The van der Waals surface area contributed by atoms with E-state index >= 15 is 0 Å². The van der Waals surface area contributed by atoms with Gasteiger partial charge in [0, 0.05) is 0 Å². The fourth-order valence-corrected chi connectivity index (χ4v) is 6.73. The van der Waals surface area contributed by atoms with Crippen LogP contribution in [0.15, 0.2) is 30.3 Å².